The maximum Gasteiger partial charge on any atom is 0.254 e. The van der Waals surface area contributed by atoms with Crippen LogP contribution in [0.5, 0.6) is 0 Å². The molecule has 1 heterocycles. The zero-order valence-corrected chi connectivity index (χ0v) is 12.6. The van der Waals surface area contributed by atoms with E-state index < -0.39 is 0 Å². The number of aromatic nitrogens is 1. The average Bonchev–Trinajstić information content (AvgIpc) is 2.43. The van der Waals surface area contributed by atoms with Crippen LogP contribution in [0.1, 0.15) is 23.0 Å². The zero-order chi connectivity index (χ0) is 14.9. The number of aryl methyl sites for hydroxylation is 1. The topological polar surface area (TPSA) is 59.2 Å². The number of hydrogen-bond donors (Lipinski definition) is 1. The molecule has 2 rings (SSSR count). The van der Waals surface area contributed by atoms with Crippen LogP contribution >= 0.6 is 12.2 Å². The van der Waals surface area contributed by atoms with E-state index in [1.54, 1.807) is 18.0 Å². The highest BCUT2D eigenvalue weighted by atomic mass is 32.1. The van der Waals surface area contributed by atoms with Gasteiger partial charge in [-0.25, -0.2) is 0 Å². The monoisotopic (exact) mass is 287 g/mol. The van der Waals surface area contributed by atoms with Crippen molar-refractivity contribution in [2.45, 2.75) is 19.9 Å². The molecule has 0 spiro atoms. The molecule has 0 fully saturated rings. The summed E-state index contributed by atoms with van der Waals surface area (Å²) in [6.07, 6.45) is 0. The van der Waals surface area contributed by atoms with Crippen LogP contribution in [0.4, 0.5) is 0 Å². The highest BCUT2D eigenvalue weighted by Crippen LogP contribution is 2.20. The molecule has 2 aromatic rings. The molecule has 20 heavy (non-hydrogen) atoms. The third-order valence-electron chi connectivity index (χ3n) is 3.39. The number of benzene rings is 1. The van der Waals surface area contributed by atoms with Gasteiger partial charge in [0.1, 0.15) is 0 Å². The number of nitrogens with zero attached hydrogens (tertiary/aromatic N) is 2. The number of hydrogen-bond acceptors (Lipinski definition) is 3. The second-order valence-corrected chi connectivity index (χ2v) is 5.29. The lowest BCUT2D eigenvalue weighted by atomic mass is 10.1. The van der Waals surface area contributed by atoms with E-state index in [2.05, 4.69) is 4.98 Å². The first kappa shape index (κ1) is 14.4. The van der Waals surface area contributed by atoms with Crippen molar-refractivity contribution in [3.05, 3.63) is 41.6 Å². The molecule has 1 unspecified atom stereocenters. The van der Waals surface area contributed by atoms with E-state index in [0.29, 0.717) is 10.6 Å². The Morgan fingerprint density at radius 3 is 2.70 bits per heavy atom. The maximum absolute atomic E-state index is 12.6. The Morgan fingerprint density at radius 1 is 1.40 bits per heavy atom. The van der Waals surface area contributed by atoms with E-state index in [4.69, 9.17) is 18.0 Å². The van der Waals surface area contributed by atoms with E-state index >= 15 is 0 Å². The van der Waals surface area contributed by atoms with Gasteiger partial charge in [0.15, 0.2) is 0 Å². The summed E-state index contributed by atoms with van der Waals surface area (Å²) in [4.78, 5) is 18.9. The van der Waals surface area contributed by atoms with Crippen molar-refractivity contribution >= 4 is 34.0 Å². The number of rotatable bonds is 3. The van der Waals surface area contributed by atoms with Crippen molar-refractivity contribution in [3.8, 4) is 0 Å². The molecule has 5 heteroatoms. The summed E-state index contributed by atoms with van der Waals surface area (Å²) in [5, 5.41) is 0.838. The first-order chi connectivity index (χ1) is 9.41. The predicted octanol–water partition coefficient (Wildman–Crippen LogP) is 2.29. The summed E-state index contributed by atoms with van der Waals surface area (Å²) in [6, 6.07) is 9.11. The molecule has 0 saturated carbocycles. The van der Waals surface area contributed by atoms with Crippen LogP contribution in [0, 0.1) is 6.92 Å². The minimum atomic E-state index is -0.287. The number of carbonyl (C=O) groups excluding carboxylic acids is 1. The molecule has 1 aromatic carbocycles. The number of carbonyl (C=O) groups is 1. The van der Waals surface area contributed by atoms with Gasteiger partial charge in [-0.2, -0.15) is 0 Å². The molecule has 1 atom stereocenters. The summed E-state index contributed by atoms with van der Waals surface area (Å²) in [7, 11) is 1.71. The summed E-state index contributed by atoms with van der Waals surface area (Å²) in [6.45, 7) is 3.69. The molecule has 0 radical (unpaired) electrons. The molecular formula is C15H17N3OS. The van der Waals surface area contributed by atoms with Gasteiger partial charge in [0.05, 0.1) is 22.1 Å². The van der Waals surface area contributed by atoms with Crippen LogP contribution in [0.15, 0.2) is 30.3 Å². The smallest absolute Gasteiger partial charge is 0.254 e. The molecule has 1 aromatic heterocycles. The summed E-state index contributed by atoms with van der Waals surface area (Å²) in [5.74, 6) is -0.105. The van der Waals surface area contributed by atoms with Crippen LogP contribution < -0.4 is 5.73 Å². The van der Waals surface area contributed by atoms with Crippen molar-refractivity contribution < 1.29 is 4.79 Å². The van der Waals surface area contributed by atoms with Gasteiger partial charge in [-0.05, 0) is 26.0 Å². The van der Waals surface area contributed by atoms with Crippen molar-refractivity contribution in [1.82, 2.24) is 9.88 Å². The summed E-state index contributed by atoms with van der Waals surface area (Å²) < 4.78 is 0. The van der Waals surface area contributed by atoms with Gasteiger partial charge in [-0.1, -0.05) is 30.4 Å². The van der Waals surface area contributed by atoms with Gasteiger partial charge in [0.2, 0.25) is 0 Å². The highest BCUT2D eigenvalue weighted by molar-refractivity contribution is 7.80. The van der Waals surface area contributed by atoms with E-state index in [9.17, 15) is 4.79 Å². The van der Waals surface area contributed by atoms with Gasteiger partial charge >= 0.3 is 0 Å². The lowest BCUT2D eigenvalue weighted by Crippen LogP contribution is -2.42. The molecule has 1 amide bonds. The molecule has 4 nitrogen and oxygen atoms in total. The Morgan fingerprint density at radius 2 is 2.05 bits per heavy atom. The fraction of sp³-hybridized carbons (Fsp3) is 0.267. The zero-order valence-electron chi connectivity index (χ0n) is 11.8. The molecular weight excluding hydrogens is 270 g/mol. The van der Waals surface area contributed by atoms with Crippen LogP contribution in [0.3, 0.4) is 0 Å². The fourth-order valence-electron chi connectivity index (χ4n) is 2.04. The van der Waals surface area contributed by atoms with Crippen LogP contribution in [-0.4, -0.2) is 33.9 Å². The van der Waals surface area contributed by atoms with Crippen LogP contribution in [-0.2, 0) is 0 Å². The van der Waals surface area contributed by atoms with Crippen LogP contribution in [0.25, 0.3) is 10.9 Å². The number of para-hydroxylation sites is 1. The SMILES string of the molecule is Cc1cc(C(=O)N(C)C(C)C(N)=S)c2ccccc2n1. The van der Waals surface area contributed by atoms with E-state index in [1.165, 1.54) is 0 Å². The van der Waals surface area contributed by atoms with Crippen molar-refractivity contribution in [2.24, 2.45) is 5.73 Å². The third-order valence-corrected chi connectivity index (χ3v) is 3.73. The number of pyridine rings is 1. The molecule has 0 aliphatic carbocycles. The number of thiocarbonyl (C=S) groups is 1. The lowest BCUT2D eigenvalue weighted by molar-refractivity contribution is 0.0780. The minimum Gasteiger partial charge on any atom is -0.392 e. The number of likely N-dealkylation sites (N-methyl/N-ethyl adjacent to an activating group) is 1. The Bertz CT molecular complexity index is 684. The largest absolute Gasteiger partial charge is 0.392 e. The van der Waals surface area contributed by atoms with E-state index in [1.807, 2.05) is 38.1 Å². The number of fused-ring (bicyclic) bond motifs is 1. The third kappa shape index (κ3) is 2.63. The van der Waals surface area contributed by atoms with Crippen molar-refractivity contribution in [1.29, 1.82) is 0 Å². The molecule has 0 bridgehead atoms. The molecule has 2 N–H and O–H groups in total. The molecule has 0 aliphatic heterocycles. The molecule has 0 saturated heterocycles. The minimum absolute atomic E-state index is 0.105. The quantitative estimate of drug-likeness (QED) is 0.880. The van der Waals surface area contributed by atoms with Gasteiger partial charge in [0, 0.05) is 18.1 Å². The maximum atomic E-state index is 12.6. The second-order valence-electron chi connectivity index (χ2n) is 4.82. The summed E-state index contributed by atoms with van der Waals surface area (Å²) in [5.41, 5.74) is 7.87. The summed E-state index contributed by atoms with van der Waals surface area (Å²) >= 11 is 4.96. The molecule has 104 valence electrons. The van der Waals surface area contributed by atoms with E-state index in [-0.39, 0.29) is 11.9 Å². The van der Waals surface area contributed by atoms with Crippen molar-refractivity contribution in [2.75, 3.05) is 7.05 Å². The Kier molecular flexibility index (Phi) is 3.99. The lowest BCUT2D eigenvalue weighted by Gasteiger charge is -2.24. The van der Waals surface area contributed by atoms with Gasteiger partial charge in [-0.3, -0.25) is 9.78 Å². The first-order valence-corrected chi connectivity index (χ1v) is 6.75. The van der Waals surface area contributed by atoms with Gasteiger partial charge in [-0.15, -0.1) is 0 Å². The van der Waals surface area contributed by atoms with E-state index in [0.717, 1.165) is 16.6 Å². The fourth-order valence-corrected chi connectivity index (χ4v) is 2.20. The Hall–Kier alpha value is -2.01. The highest BCUT2D eigenvalue weighted by Gasteiger charge is 2.21. The number of amides is 1. The average molecular weight is 287 g/mol. The van der Waals surface area contributed by atoms with Crippen molar-refractivity contribution in [3.63, 3.8) is 0 Å². The normalized spacial score (nSPS) is 12.2. The number of nitrogens with two attached hydrogens (primary N) is 1. The Balaban J connectivity index is 2.52. The predicted molar refractivity (Wildman–Crippen MR) is 84.8 cm³/mol. The second kappa shape index (κ2) is 5.54. The van der Waals surface area contributed by atoms with Crippen LogP contribution in [0.2, 0.25) is 0 Å². The molecule has 0 aliphatic rings. The van der Waals surface area contributed by atoms with Gasteiger partial charge in [0.25, 0.3) is 5.91 Å². The standard InChI is InChI=1S/C15H17N3OS/c1-9-8-12(11-6-4-5-7-13(11)17-9)15(19)18(3)10(2)14(16)20/h4-8,10H,1-3H3,(H2,16,20). The van der Waals surface area contributed by atoms with Gasteiger partial charge < -0.3 is 10.6 Å². The Labute approximate surface area is 123 Å². The first-order valence-electron chi connectivity index (χ1n) is 6.34.